The Morgan fingerprint density at radius 1 is 1.32 bits per heavy atom. The quantitative estimate of drug-likeness (QED) is 0.857. The molecule has 0 spiro atoms. The first-order chi connectivity index (χ1) is 12.1. The van der Waals surface area contributed by atoms with Gasteiger partial charge < -0.3 is 10.1 Å². The summed E-state index contributed by atoms with van der Waals surface area (Å²) in [5.74, 6) is 0.352. The summed E-state index contributed by atoms with van der Waals surface area (Å²) in [5.41, 5.74) is -0.339. The highest BCUT2D eigenvalue weighted by atomic mass is 16.5. The first-order valence-electron chi connectivity index (χ1n) is 8.76. The van der Waals surface area contributed by atoms with Crippen LogP contribution in [0.2, 0.25) is 0 Å². The maximum absolute atomic E-state index is 12.3. The van der Waals surface area contributed by atoms with Crippen molar-refractivity contribution in [2.75, 3.05) is 6.61 Å². The van der Waals surface area contributed by atoms with Crippen molar-refractivity contribution in [3.8, 4) is 0 Å². The molecular formula is C18H21N3O4. The number of aromatic nitrogens is 2. The van der Waals surface area contributed by atoms with Gasteiger partial charge in [0.2, 0.25) is 5.91 Å². The van der Waals surface area contributed by atoms with Crippen LogP contribution in [0.3, 0.4) is 0 Å². The number of carbonyl (C=O) groups excluding carboxylic acids is 1. The molecule has 132 valence electrons. The fraction of sp³-hybridized carbons (Fsp3) is 0.500. The van der Waals surface area contributed by atoms with Crippen molar-refractivity contribution in [3.63, 3.8) is 0 Å². The number of nitrogens with one attached hydrogen (secondary N) is 2. The molecule has 2 fully saturated rings. The molecule has 2 aliphatic rings. The number of para-hydroxylation sites is 1. The summed E-state index contributed by atoms with van der Waals surface area (Å²) < 4.78 is 7.11. The van der Waals surface area contributed by atoms with Crippen LogP contribution in [0.4, 0.5) is 0 Å². The highest BCUT2D eigenvalue weighted by Gasteiger charge is 2.43. The average molecular weight is 343 g/mol. The first kappa shape index (κ1) is 16.1. The lowest BCUT2D eigenvalue weighted by molar-refractivity contribution is -0.131. The SMILES string of the molecule is O=C(CCn1c(=O)[nH]c(=O)c2ccccc21)N[C@@H]1C[C@H]2OCCC[C@@H]12. The van der Waals surface area contributed by atoms with Gasteiger partial charge in [-0.1, -0.05) is 12.1 Å². The minimum Gasteiger partial charge on any atom is -0.378 e. The van der Waals surface area contributed by atoms with Crippen molar-refractivity contribution >= 4 is 16.8 Å². The molecule has 1 aliphatic heterocycles. The normalized spacial score (nSPS) is 25.2. The van der Waals surface area contributed by atoms with Crippen molar-refractivity contribution in [2.24, 2.45) is 5.92 Å². The smallest absolute Gasteiger partial charge is 0.328 e. The third-order valence-electron chi connectivity index (χ3n) is 5.31. The van der Waals surface area contributed by atoms with E-state index in [1.807, 2.05) is 0 Å². The van der Waals surface area contributed by atoms with E-state index in [1.54, 1.807) is 24.3 Å². The molecule has 2 N–H and O–H groups in total. The molecule has 0 unspecified atom stereocenters. The minimum atomic E-state index is -0.485. The number of amides is 1. The van der Waals surface area contributed by atoms with E-state index in [0.717, 1.165) is 25.9 Å². The first-order valence-corrected chi connectivity index (χ1v) is 8.76. The zero-order valence-electron chi connectivity index (χ0n) is 13.9. The van der Waals surface area contributed by atoms with E-state index >= 15 is 0 Å². The Bertz CT molecular complexity index is 916. The number of benzene rings is 1. The molecule has 3 atom stereocenters. The van der Waals surface area contributed by atoms with Crippen molar-refractivity contribution in [1.29, 1.82) is 0 Å². The van der Waals surface area contributed by atoms with E-state index in [-0.39, 0.29) is 24.9 Å². The number of rotatable bonds is 4. The van der Waals surface area contributed by atoms with Crippen LogP contribution in [0, 0.1) is 5.92 Å². The average Bonchev–Trinajstić information content (AvgIpc) is 2.59. The molecule has 2 heterocycles. The summed E-state index contributed by atoms with van der Waals surface area (Å²) in [7, 11) is 0. The maximum Gasteiger partial charge on any atom is 0.328 e. The lowest BCUT2D eigenvalue weighted by Crippen LogP contribution is -2.57. The van der Waals surface area contributed by atoms with Crippen molar-refractivity contribution in [3.05, 3.63) is 45.1 Å². The summed E-state index contributed by atoms with van der Waals surface area (Å²) >= 11 is 0. The highest BCUT2D eigenvalue weighted by molar-refractivity contribution is 5.79. The second-order valence-corrected chi connectivity index (χ2v) is 6.80. The molecule has 1 aliphatic carbocycles. The standard InChI is InChI=1S/C18H21N3O4/c22-16(19-13-10-15-11(13)5-3-9-25-15)7-8-21-14-6-2-1-4-12(14)17(23)20-18(21)24/h1-2,4,6,11,13,15H,3,5,7-10H2,(H,19,22)(H,20,23,24)/t11-,13+,15+/m0/s1. The number of nitrogens with zero attached hydrogens (tertiary/aromatic N) is 1. The third-order valence-corrected chi connectivity index (χ3v) is 5.31. The van der Waals surface area contributed by atoms with Gasteiger partial charge in [0.25, 0.3) is 5.56 Å². The van der Waals surface area contributed by atoms with Gasteiger partial charge in [-0.25, -0.2) is 4.79 Å². The van der Waals surface area contributed by atoms with E-state index in [2.05, 4.69) is 10.3 Å². The monoisotopic (exact) mass is 343 g/mol. The van der Waals surface area contributed by atoms with Gasteiger partial charge in [0.05, 0.1) is 17.0 Å². The van der Waals surface area contributed by atoms with Crippen LogP contribution in [0.5, 0.6) is 0 Å². The molecule has 25 heavy (non-hydrogen) atoms. The summed E-state index contributed by atoms with van der Waals surface area (Å²) in [4.78, 5) is 38.5. The second kappa shape index (κ2) is 6.48. The van der Waals surface area contributed by atoms with Crippen molar-refractivity contribution in [2.45, 2.75) is 44.4 Å². The highest BCUT2D eigenvalue weighted by Crippen LogP contribution is 2.37. The number of fused-ring (bicyclic) bond motifs is 2. The zero-order chi connectivity index (χ0) is 17.4. The number of aryl methyl sites for hydroxylation is 1. The van der Waals surface area contributed by atoms with Crippen LogP contribution >= 0.6 is 0 Å². The number of H-pyrrole nitrogens is 1. The molecular weight excluding hydrogens is 322 g/mol. The van der Waals surface area contributed by atoms with E-state index in [4.69, 9.17) is 4.74 Å². The van der Waals surface area contributed by atoms with Crippen LogP contribution < -0.4 is 16.6 Å². The Balaban J connectivity index is 1.43. The van der Waals surface area contributed by atoms with E-state index in [9.17, 15) is 14.4 Å². The number of aromatic amines is 1. The van der Waals surface area contributed by atoms with Gasteiger partial charge in [-0.05, 0) is 31.4 Å². The van der Waals surface area contributed by atoms with E-state index in [0.29, 0.717) is 22.9 Å². The molecule has 1 aromatic carbocycles. The predicted molar refractivity (Wildman–Crippen MR) is 92.5 cm³/mol. The predicted octanol–water partition coefficient (Wildman–Crippen LogP) is 0.764. The molecule has 7 heteroatoms. The van der Waals surface area contributed by atoms with Gasteiger partial charge in [-0.15, -0.1) is 0 Å². The topological polar surface area (TPSA) is 93.2 Å². The summed E-state index contributed by atoms with van der Waals surface area (Å²) in [6.07, 6.45) is 3.51. The number of carbonyl (C=O) groups is 1. The fourth-order valence-electron chi connectivity index (χ4n) is 3.92. The van der Waals surface area contributed by atoms with Crippen LogP contribution in [-0.2, 0) is 16.1 Å². The van der Waals surface area contributed by atoms with Crippen LogP contribution in [-0.4, -0.2) is 34.2 Å². The Morgan fingerprint density at radius 2 is 2.16 bits per heavy atom. The number of ether oxygens (including phenoxy) is 1. The molecule has 2 aromatic rings. The Kier molecular flexibility index (Phi) is 4.17. The summed E-state index contributed by atoms with van der Waals surface area (Å²) in [6.45, 7) is 1.06. The lowest BCUT2D eigenvalue weighted by Gasteiger charge is -2.47. The van der Waals surface area contributed by atoms with Crippen molar-refractivity contribution in [1.82, 2.24) is 14.9 Å². The molecule has 7 nitrogen and oxygen atoms in total. The minimum absolute atomic E-state index is 0.0730. The van der Waals surface area contributed by atoms with Gasteiger partial charge in [-0.2, -0.15) is 0 Å². The van der Waals surface area contributed by atoms with Gasteiger partial charge in [0.15, 0.2) is 0 Å². The van der Waals surface area contributed by atoms with Gasteiger partial charge in [0.1, 0.15) is 0 Å². The largest absolute Gasteiger partial charge is 0.378 e. The van der Waals surface area contributed by atoms with Gasteiger partial charge in [0, 0.05) is 31.5 Å². The summed E-state index contributed by atoms with van der Waals surface area (Å²) in [6, 6.07) is 7.09. The molecule has 1 amide bonds. The van der Waals surface area contributed by atoms with E-state index < -0.39 is 11.2 Å². The molecule has 0 radical (unpaired) electrons. The third kappa shape index (κ3) is 3.00. The second-order valence-electron chi connectivity index (χ2n) is 6.80. The molecule has 1 saturated heterocycles. The van der Waals surface area contributed by atoms with Crippen LogP contribution in [0.1, 0.15) is 25.7 Å². The zero-order valence-corrected chi connectivity index (χ0v) is 13.9. The van der Waals surface area contributed by atoms with E-state index in [1.165, 1.54) is 4.57 Å². The lowest BCUT2D eigenvalue weighted by atomic mass is 9.72. The summed E-state index contributed by atoms with van der Waals surface area (Å²) in [5, 5.41) is 3.51. The number of hydrogen-bond acceptors (Lipinski definition) is 4. The molecule has 1 aromatic heterocycles. The number of hydrogen-bond donors (Lipinski definition) is 2. The van der Waals surface area contributed by atoms with Crippen LogP contribution in [0.15, 0.2) is 33.9 Å². The Hall–Kier alpha value is -2.41. The maximum atomic E-state index is 12.3. The fourth-order valence-corrected chi connectivity index (χ4v) is 3.92. The van der Waals surface area contributed by atoms with Gasteiger partial charge >= 0.3 is 5.69 Å². The van der Waals surface area contributed by atoms with Gasteiger partial charge in [-0.3, -0.25) is 19.1 Å². The molecule has 1 saturated carbocycles. The Labute approximate surface area is 144 Å². The van der Waals surface area contributed by atoms with Crippen LogP contribution in [0.25, 0.3) is 10.9 Å². The Morgan fingerprint density at radius 3 is 3.00 bits per heavy atom. The molecule has 4 rings (SSSR count). The molecule has 0 bridgehead atoms. The van der Waals surface area contributed by atoms with Crippen molar-refractivity contribution < 1.29 is 9.53 Å².